The summed E-state index contributed by atoms with van der Waals surface area (Å²) in [6, 6.07) is 7.06. The summed E-state index contributed by atoms with van der Waals surface area (Å²) < 4.78 is 11.0. The fraction of sp³-hybridized carbons (Fsp3) is 0.500. The minimum absolute atomic E-state index is 0.0285. The second-order valence-corrected chi connectivity index (χ2v) is 4.84. The van der Waals surface area contributed by atoms with E-state index in [4.69, 9.17) is 21.1 Å². The average molecular weight is 284 g/mol. The molecule has 104 valence electrons. The van der Waals surface area contributed by atoms with Crippen LogP contribution in [0.15, 0.2) is 24.3 Å². The number of carbonyl (C=O) groups excluding carboxylic acids is 1. The van der Waals surface area contributed by atoms with Gasteiger partial charge < -0.3 is 14.4 Å². The Kier molecular flexibility index (Phi) is 5.05. The second-order valence-electron chi connectivity index (χ2n) is 4.41. The van der Waals surface area contributed by atoms with Crippen LogP contribution in [0.5, 0.6) is 5.75 Å². The van der Waals surface area contributed by atoms with Gasteiger partial charge in [0.15, 0.2) is 6.10 Å². The van der Waals surface area contributed by atoms with Gasteiger partial charge in [0.2, 0.25) is 0 Å². The fourth-order valence-electron chi connectivity index (χ4n) is 1.97. The fourth-order valence-corrected chi connectivity index (χ4v) is 2.10. The number of nitrogens with zero attached hydrogens (tertiary/aromatic N) is 1. The molecule has 0 saturated carbocycles. The molecule has 2 rings (SSSR count). The molecule has 5 heteroatoms. The van der Waals surface area contributed by atoms with Crippen molar-refractivity contribution >= 4 is 17.5 Å². The summed E-state index contributed by atoms with van der Waals surface area (Å²) in [4.78, 5) is 14.1. The Bertz CT molecular complexity index is 415. The lowest BCUT2D eigenvalue weighted by atomic mass is 10.2. The van der Waals surface area contributed by atoms with Gasteiger partial charge in [-0.3, -0.25) is 4.79 Å². The zero-order valence-electron chi connectivity index (χ0n) is 11.0. The largest absolute Gasteiger partial charge is 0.481 e. The minimum Gasteiger partial charge on any atom is -0.481 e. The molecule has 19 heavy (non-hydrogen) atoms. The van der Waals surface area contributed by atoms with Crippen molar-refractivity contribution in [3.8, 4) is 5.75 Å². The van der Waals surface area contributed by atoms with Crippen LogP contribution in [0.3, 0.4) is 0 Å². The van der Waals surface area contributed by atoms with Gasteiger partial charge in [-0.05, 0) is 30.7 Å². The van der Waals surface area contributed by atoms with E-state index in [2.05, 4.69) is 0 Å². The summed E-state index contributed by atoms with van der Waals surface area (Å²) >= 11 is 5.82. The van der Waals surface area contributed by atoms with Gasteiger partial charge in [0, 0.05) is 18.1 Å². The zero-order valence-corrected chi connectivity index (χ0v) is 11.7. The highest BCUT2D eigenvalue weighted by molar-refractivity contribution is 6.30. The molecule has 1 heterocycles. The van der Waals surface area contributed by atoms with E-state index in [1.165, 1.54) is 0 Å². The molecule has 0 N–H and O–H groups in total. The molecule has 1 unspecified atom stereocenters. The maximum absolute atomic E-state index is 12.3. The number of benzene rings is 1. The molecule has 1 aliphatic heterocycles. The van der Waals surface area contributed by atoms with Crippen LogP contribution < -0.4 is 4.74 Å². The van der Waals surface area contributed by atoms with Gasteiger partial charge in [-0.2, -0.15) is 0 Å². The lowest BCUT2D eigenvalue weighted by molar-refractivity contribution is -0.142. The van der Waals surface area contributed by atoms with E-state index >= 15 is 0 Å². The number of morpholine rings is 1. The molecule has 1 aromatic rings. The molecule has 1 atom stereocenters. The van der Waals surface area contributed by atoms with Gasteiger partial charge >= 0.3 is 0 Å². The van der Waals surface area contributed by atoms with Crippen molar-refractivity contribution in [2.45, 2.75) is 19.4 Å². The molecule has 1 fully saturated rings. The zero-order chi connectivity index (χ0) is 13.7. The first kappa shape index (κ1) is 14.2. The van der Waals surface area contributed by atoms with E-state index in [1.807, 2.05) is 6.92 Å². The predicted molar refractivity (Wildman–Crippen MR) is 73.6 cm³/mol. The Balaban J connectivity index is 1.98. The normalized spacial score (nSPS) is 17.1. The number of hydrogen-bond donors (Lipinski definition) is 0. The first-order chi connectivity index (χ1) is 9.20. The third-order valence-corrected chi connectivity index (χ3v) is 3.31. The summed E-state index contributed by atoms with van der Waals surface area (Å²) in [5.74, 6) is 0.693. The topological polar surface area (TPSA) is 38.8 Å². The Morgan fingerprint density at radius 3 is 2.58 bits per heavy atom. The van der Waals surface area contributed by atoms with Crippen molar-refractivity contribution in [2.24, 2.45) is 0 Å². The lowest BCUT2D eigenvalue weighted by Gasteiger charge is -2.30. The third-order valence-electron chi connectivity index (χ3n) is 3.06. The highest BCUT2D eigenvalue weighted by Gasteiger charge is 2.25. The highest BCUT2D eigenvalue weighted by Crippen LogP contribution is 2.18. The number of rotatable bonds is 4. The van der Waals surface area contributed by atoms with Crippen LogP contribution in [0.25, 0.3) is 0 Å². The Labute approximate surface area is 118 Å². The molecular formula is C14H18ClNO3. The van der Waals surface area contributed by atoms with Crippen molar-refractivity contribution in [1.82, 2.24) is 4.90 Å². The number of carbonyl (C=O) groups is 1. The van der Waals surface area contributed by atoms with E-state index in [-0.39, 0.29) is 5.91 Å². The molecule has 0 spiro atoms. The smallest absolute Gasteiger partial charge is 0.263 e. The standard InChI is InChI=1S/C14H18ClNO3/c1-2-13(14(17)16-7-9-18-10-8-16)19-12-5-3-11(15)4-6-12/h3-6,13H,2,7-10H2,1H3. The van der Waals surface area contributed by atoms with Gasteiger partial charge in [-0.1, -0.05) is 18.5 Å². The van der Waals surface area contributed by atoms with Crippen LogP contribution in [-0.2, 0) is 9.53 Å². The van der Waals surface area contributed by atoms with Gasteiger partial charge in [-0.25, -0.2) is 0 Å². The molecule has 1 aliphatic rings. The molecule has 1 aromatic carbocycles. The van der Waals surface area contributed by atoms with Crippen molar-refractivity contribution in [3.05, 3.63) is 29.3 Å². The summed E-state index contributed by atoms with van der Waals surface area (Å²) in [6.07, 6.45) is 0.193. The summed E-state index contributed by atoms with van der Waals surface area (Å²) in [5.41, 5.74) is 0. The molecule has 4 nitrogen and oxygen atoms in total. The SMILES string of the molecule is CCC(Oc1ccc(Cl)cc1)C(=O)N1CCOCC1. The van der Waals surface area contributed by atoms with E-state index in [9.17, 15) is 4.79 Å². The lowest BCUT2D eigenvalue weighted by Crippen LogP contribution is -2.47. The third kappa shape index (κ3) is 3.85. The predicted octanol–water partition coefficient (Wildman–Crippen LogP) is 2.36. The van der Waals surface area contributed by atoms with E-state index in [0.717, 1.165) is 0 Å². The van der Waals surface area contributed by atoms with Crippen LogP contribution in [0, 0.1) is 0 Å². The van der Waals surface area contributed by atoms with Gasteiger partial charge in [0.25, 0.3) is 5.91 Å². The van der Waals surface area contributed by atoms with E-state index in [0.29, 0.717) is 43.5 Å². The number of amides is 1. The Morgan fingerprint density at radius 2 is 2.00 bits per heavy atom. The Hall–Kier alpha value is -1.26. The van der Waals surface area contributed by atoms with Crippen LogP contribution >= 0.6 is 11.6 Å². The molecule has 1 saturated heterocycles. The second kappa shape index (κ2) is 6.78. The van der Waals surface area contributed by atoms with Crippen LogP contribution in [-0.4, -0.2) is 43.2 Å². The quantitative estimate of drug-likeness (QED) is 0.851. The maximum atomic E-state index is 12.3. The van der Waals surface area contributed by atoms with Crippen molar-refractivity contribution in [3.63, 3.8) is 0 Å². The van der Waals surface area contributed by atoms with E-state index < -0.39 is 6.10 Å². The number of halogens is 1. The van der Waals surface area contributed by atoms with Gasteiger partial charge in [0.1, 0.15) is 5.75 Å². The molecule has 0 aromatic heterocycles. The molecular weight excluding hydrogens is 266 g/mol. The van der Waals surface area contributed by atoms with Crippen molar-refractivity contribution in [1.29, 1.82) is 0 Å². The summed E-state index contributed by atoms with van der Waals surface area (Å²) in [6.45, 7) is 4.42. The van der Waals surface area contributed by atoms with Crippen LogP contribution in [0.2, 0.25) is 5.02 Å². The first-order valence-corrected chi connectivity index (χ1v) is 6.87. The number of hydrogen-bond acceptors (Lipinski definition) is 3. The molecule has 0 radical (unpaired) electrons. The summed E-state index contributed by atoms with van der Waals surface area (Å²) in [5, 5.41) is 0.653. The minimum atomic E-state index is -0.445. The van der Waals surface area contributed by atoms with Gasteiger partial charge in [-0.15, -0.1) is 0 Å². The number of ether oxygens (including phenoxy) is 2. The molecule has 1 amide bonds. The van der Waals surface area contributed by atoms with Crippen LogP contribution in [0.4, 0.5) is 0 Å². The van der Waals surface area contributed by atoms with Crippen molar-refractivity contribution < 1.29 is 14.3 Å². The van der Waals surface area contributed by atoms with Crippen molar-refractivity contribution in [2.75, 3.05) is 26.3 Å². The average Bonchev–Trinajstić information content (AvgIpc) is 2.47. The Morgan fingerprint density at radius 1 is 1.37 bits per heavy atom. The van der Waals surface area contributed by atoms with Crippen LogP contribution in [0.1, 0.15) is 13.3 Å². The molecule has 0 aliphatic carbocycles. The monoisotopic (exact) mass is 283 g/mol. The highest BCUT2D eigenvalue weighted by atomic mass is 35.5. The molecule has 0 bridgehead atoms. The van der Waals surface area contributed by atoms with Gasteiger partial charge in [0.05, 0.1) is 13.2 Å². The van der Waals surface area contributed by atoms with E-state index in [1.54, 1.807) is 29.2 Å². The summed E-state index contributed by atoms with van der Waals surface area (Å²) in [7, 11) is 0. The maximum Gasteiger partial charge on any atom is 0.263 e. The first-order valence-electron chi connectivity index (χ1n) is 6.49.